The molecule has 0 aliphatic rings. The van der Waals surface area contributed by atoms with E-state index in [1.165, 1.54) is 11.3 Å². The summed E-state index contributed by atoms with van der Waals surface area (Å²) in [6.07, 6.45) is 3.45. The zero-order valence-electron chi connectivity index (χ0n) is 12.7. The standard InChI is InChI=1S/C16H27ClN2/c1-5-11-18-12-14-15(17)9-8-10-16(14)19(4)13(6-2)7-3/h8-10,13,18H,5-7,11-12H2,1-4H3. The normalized spacial score (nSPS) is 11.1. The summed E-state index contributed by atoms with van der Waals surface area (Å²) >= 11 is 6.38. The molecule has 0 saturated carbocycles. The third kappa shape index (κ3) is 4.39. The molecule has 0 fully saturated rings. The molecule has 1 N–H and O–H groups in total. The van der Waals surface area contributed by atoms with Crippen LogP contribution in [0.1, 0.15) is 45.6 Å². The Morgan fingerprint density at radius 3 is 2.47 bits per heavy atom. The van der Waals surface area contributed by atoms with Gasteiger partial charge in [-0.15, -0.1) is 0 Å². The molecule has 0 heterocycles. The number of nitrogens with one attached hydrogen (secondary N) is 1. The van der Waals surface area contributed by atoms with Crippen LogP contribution in [0.2, 0.25) is 5.02 Å². The first-order valence-corrected chi connectivity index (χ1v) is 7.74. The second kappa shape index (κ2) is 8.44. The van der Waals surface area contributed by atoms with Crippen LogP contribution in [0.15, 0.2) is 18.2 Å². The molecule has 19 heavy (non-hydrogen) atoms. The zero-order chi connectivity index (χ0) is 14.3. The summed E-state index contributed by atoms with van der Waals surface area (Å²) in [5.41, 5.74) is 2.47. The lowest BCUT2D eigenvalue weighted by atomic mass is 10.1. The maximum atomic E-state index is 6.38. The Kier molecular flexibility index (Phi) is 7.25. The first kappa shape index (κ1) is 16.3. The van der Waals surface area contributed by atoms with Crippen molar-refractivity contribution in [2.75, 3.05) is 18.5 Å². The highest BCUT2D eigenvalue weighted by molar-refractivity contribution is 6.31. The first-order chi connectivity index (χ1) is 9.15. The van der Waals surface area contributed by atoms with Crippen molar-refractivity contribution >= 4 is 17.3 Å². The van der Waals surface area contributed by atoms with Gasteiger partial charge < -0.3 is 10.2 Å². The van der Waals surface area contributed by atoms with Gasteiger partial charge in [0.25, 0.3) is 0 Å². The lowest BCUT2D eigenvalue weighted by Crippen LogP contribution is -2.31. The molecule has 0 spiro atoms. The van der Waals surface area contributed by atoms with Crippen molar-refractivity contribution in [3.8, 4) is 0 Å². The fourth-order valence-electron chi connectivity index (χ4n) is 2.48. The lowest BCUT2D eigenvalue weighted by molar-refractivity contribution is 0.587. The van der Waals surface area contributed by atoms with Crippen molar-refractivity contribution in [1.82, 2.24) is 5.32 Å². The zero-order valence-corrected chi connectivity index (χ0v) is 13.4. The minimum absolute atomic E-state index is 0.573. The van der Waals surface area contributed by atoms with Gasteiger partial charge in [-0.1, -0.05) is 38.4 Å². The number of rotatable bonds is 8. The van der Waals surface area contributed by atoms with Crippen LogP contribution in [-0.4, -0.2) is 19.6 Å². The summed E-state index contributed by atoms with van der Waals surface area (Å²) in [7, 11) is 2.17. The summed E-state index contributed by atoms with van der Waals surface area (Å²) in [6, 6.07) is 6.77. The van der Waals surface area contributed by atoms with E-state index < -0.39 is 0 Å². The quantitative estimate of drug-likeness (QED) is 0.708. The van der Waals surface area contributed by atoms with E-state index in [1.807, 2.05) is 12.1 Å². The van der Waals surface area contributed by atoms with Crippen molar-refractivity contribution in [2.24, 2.45) is 0 Å². The predicted molar refractivity (Wildman–Crippen MR) is 86.2 cm³/mol. The molecule has 1 rings (SSSR count). The number of hydrogen-bond acceptors (Lipinski definition) is 2. The molecule has 0 radical (unpaired) electrons. The molecular weight excluding hydrogens is 256 g/mol. The van der Waals surface area contributed by atoms with Gasteiger partial charge >= 0.3 is 0 Å². The van der Waals surface area contributed by atoms with Gasteiger partial charge in [-0.05, 0) is 37.9 Å². The number of nitrogens with zero attached hydrogens (tertiary/aromatic N) is 1. The van der Waals surface area contributed by atoms with Crippen molar-refractivity contribution in [3.63, 3.8) is 0 Å². The van der Waals surface area contributed by atoms with Gasteiger partial charge in [-0.2, -0.15) is 0 Å². The van der Waals surface area contributed by atoms with E-state index in [0.717, 1.165) is 37.4 Å². The molecule has 0 atom stereocenters. The summed E-state index contributed by atoms with van der Waals surface area (Å²) < 4.78 is 0. The molecule has 0 unspecified atom stereocenters. The third-order valence-electron chi connectivity index (χ3n) is 3.69. The predicted octanol–water partition coefficient (Wildman–Crippen LogP) is 4.46. The molecule has 1 aromatic rings. The van der Waals surface area contributed by atoms with Crippen LogP contribution in [0.25, 0.3) is 0 Å². The van der Waals surface area contributed by atoms with Crippen LogP contribution in [0, 0.1) is 0 Å². The maximum Gasteiger partial charge on any atom is 0.0471 e. The molecule has 0 aliphatic carbocycles. The van der Waals surface area contributed by atoms with Gasteiger partial charge in [0.15, 0.2) is 0 Å². The Morgan fingerprint density at radius 1 is 1.21 bits per heavy atom. The number of benzene rings is 1. The van der Waals surface area contributed by atoms with E-state index >= 15 is 0 Å². The largest absolute Gasteiger partial charge is 0.371 e. The van der Waals surface area contributed by atoms with Crippen LogP contribution in [0.3, 0.4) is 0 Å². The van der Waals surface area contributed by atoms with Gasteiger partial charge in [0.2, 0.25) is 0 Å². The van der Waals surface area contributed by atoms with E-state index in [9.17, 15) is 0 Å². The SMILES string of the molecule is CCCNCc1c(Cl)cccc1N(C)C(CC)CC. The highest BCUT2D eigenvalue weighted by Crippen LogP contribution is 2.29. The van der Waals surface area contributed by atoms with E-state index in [-0.39, 0.29) is 0 Å². The second-order valence-corrected chi connectivity index (χ2v) is 5.40. The van der Waals surface area contributed by atoms with Gasteiger partial charge in [0.05, 0.1) is 0 Å². The Morgan fingerprint density at radius 2 is 1.89 bits per heavy atom. The van der Waals surface area contributed by atoms with Crippen LogP contribution in [0.4, 0.5) is 5.69 Å². The van der Waals surface area contributed by atoms with Crippen LogP contribution in [0.5, 0.6) is 0 Å². The maximum absolute atomic E-state index is 6.38. The molecular formula is C16H27ClN2. The van der Waals surface area contributed by atoms with E-state index in [4.69, 9.17) is 11.6 Å². The van der Waals surface area contributed by atoms with E-state index in [0.29, 0.717) is 6.04 Å². The molecule has 1 aromatic carbocycles. The van der Waals surface area contributed by atoms with Crippen LogP contribution < -0.4 is 10.2 Å². The van der Waals surface area contributed by atoms with Crippen molar-refractivity contribution in [3.05, 3.63) is 28.8 Å². The summed E-state index contributed by atoms with van der Waals surface area (Å²) in [5, 5.41) is 4.31. The molecule has 3 heteroatoms. The lowest BCUT2D eigenvalue weighted by Gasteiger charge is -2.30. The van der Waals surface area contributed by atoms with Gasteiger partial charge in [0, 0.05) is 35.9 Å². The summed E-state index contributed by atoms with van der Waals surface area (Å²) in [6.45, 7) is 8.53. The second-order valence-electron chi connectivity index (χ2n) is 5.00. The highest BCUT2D eigenvalue weighted by Gasteiger charge is 2.16. The highest BCUT2D eigenvalue weighted by atomic mass is 35.5. The average Bonchev–Trinajstić information content (AvgIpc) is 2.42. The molecule has 2 nitrogen and oxygen atoms in total. The van der Waals surface area contributed by atoms with E-state index in [1.54, 1.807) is 0 Å². The Balaban J connectivity index is 2.95. The number of anilines is 1. The van der Waals surface area contributed by atoms with Gasteiger partial charge in [-0.25, -0.2) is 0 Å². The molecule has 0 bridgehead atoms. The van der Waals surface area contributed by atoms with Crippen molar-refractivity contribution < 1.29 is 0 Å². The molecule has 0 amide bonds. The minimum Gasteiger partial charge on any atom is -0.371 e. The first-order valence-electron chi connectivity index (χ1n) is 7.36. The van der Waals surface area contributed by atoms with Gasteiger partial charge in [-0.3, -0.25) is 0 Å². The van der Waals surface area contributed by atoms with Crippen molar-refractivity contribution in [1.29, 1.82) is 0 Å². The van der Waals surface area contributed by atoms with Crippen LogP contribution >= 0.6 is 11.6 Å². The molecule has 0 saturated heterocycles. The molecule has 0 aromatic heterocycles. The van der Waals surface area contributed by atoms with Crippen LogP contribution in [-0.2, 0) is 6.54 Å². The summed E-state index contributed by atoms with van der Waals surface area (Å²) in [4.78, 5) is 2.37. The monoisotopic (exact) mass is 282 g/mol. The third-order valence-corrected chi connectivity index (χ3v) is 4.05. The minimum atomic E-state index is 0.573. The summed E-state index contributed by atoms with van der Waals surface area (Å²) in [5.74, 6) is 0. The number of hydrogen-bond donors (Lipinski definition) is 1. The van der Waals surface area contributed by atoms with Crippen molar-refractivity contribution in [2.45, 2.75) is 52.6 Å². The Labute approximate surface area is 123 Å². The fourth-order valence-corrected chi connectivity index (χ4v) is 2.71. The molecule has 108 valence electrons. The smallest absolute Gasteiger partial charge is 0.0471 e. The topological polar surface area (TPSA) is 15.3 Å². The molecule has 0 aliphatic heterocycles. The van der Waals surface area contributed by atoms with Gasteiger partial charge in [0.1, 0.15) is 0 Å². The Hall–Kier alpha value is -0.730. The van der Waals surface area contributed by atoms with E-state index in [2.05, 4.69) is 44.1 Å². The average molecular weight is 283 g/mol. The Bertz CT molecular complexity index is 375. The number of halogens is 1. The fraction of sp³-hybridized carbons (Fsp3) is 0.625.